The van der Waals surface area contributed by atoms with Crippen molar-refractivity contribution in [2.75, 3.05) is 14.2 Å². The van der Waals surface area contributed by atoms with E-state index in [0.29, 0.717) is 16.2 Å². The number of phenolic OH excluding ortho intramolecular Hbond substituents is 1. The topological polar surface area (TPSA) is 88.4 Å². The zero-order valence-electron chi connectivity index (χ0n) is 15.0. The van der Waals surface area contributed by atoms with E-state index in [4.69, 9.17) is 9.47 Å². The van der Waals surface area contributed by atoms with E-state index in [0.717, 1.165) is 11.8 Å². The lowest BCUT2D eigenvalue weighted by molar-refractivity contribution is -0.135. The fraction of sp³-hybridized carbons (Fsp3) is 0.100. The van der Waals surface area contributed by atoms with Gasteiger partial charge in [0.1, 0.15) is 22.2 Å². The number of thioether (sulfide) groups is 1. The molecule has 0 amide bonds. The Morgan fingerprint density at radius 3 is 2.50 bits per heavy atom. The summed E-state index contributed by atoms with van der Waals surface area (Å²) in [5, 5.41) is 21.0. The van der Waals surface area contributed by atoms with Crippen LogP contribution in [0.15, 0.2) is 63.7 Å². The highest BCUT2D eigenvalue weighted by Crippen LogP contribution is 2.42. The van der Waals surface area contributed by atoms with Gasteiger partial charge in [0.15, 0.2) is 11.5 Å². The van der Waals surface area contributed by atoms with Gasteiger partial charge in [-0.3, -0.25) is 0 Å². The van der Waals surface area contributed by atoms with E-state index in [-0.39, 0.29) is 27.9 Å². The molecule has 0 saturated carbocycles. The number of aromatic hydroxyl groups is 1. The Labute approximate surface area is 164 Å². The minimum atomic E-state index is -0.760. The molecule has 1 heterocycles. The smallest absolute Gasteiger partial charge is 0.344 e. The predicted octanol–water partition coefficient (Wildman–Crippen LogP) is 4.34. The first-order valence-corrected chi connectivity index (χ1v) is 8.88. The SMILES string of the molecule is COC(=O)C1=C(O)/C(=C\c2cccc(OC)c2O)SC1=Nc1ccc(F)cc1. The Kier molecular flexibility index (Phi) is 5.70. The van der Waals surface area contributed by atoms with Gasteiger partial charge in [-0.1, -0.05) is 23.9 Å². The third-order valence-corrected chi connectivity index (χ3v) is 4.89. The summed E-state index contributed by atoms with van der Waals surface area (Å²) in [6, 6.07) is 10.3. The lowest BCUT2D eigenvalue weighted by Crippen LogP contribution is -2.10. The summed E-state index contributed by atoms with van der Waals surface area (Å²) in [5.41, 5.74) is 0.690. The number of hydrogen-bond donors (Lipinski definition) is 2. The summed E-state index contributed by atoms with van der Waals surface area (Å²) >= 11 is 1.03. The molecule has 6 nitrogen and oxygen atoms in total. The molecule has 0 saturated heterocycles. The Bertz CT molecular complexity index is 1010. The molecule has 0 spiro atoms. The van der Waals surface area contributed by atoms with Crippen molar-refractivity contribution in [2.45, 2.75) is 0 Å². The van der Waals surface area contributed by atoms with Crippen LogP contribution in [0.4, 0.5) is 10.1 Å². The molecule has 2 N–H and O–H groups in total. The fourth-order valence-corrected chi connectivity index (χ4v) is 3.51. The van der Waals surface area contributed by atoms with Crippen LogP contribution in [0.5, 0.6) is 11.5 Å². The van der Waals surface area contributed by atoms with Crippen LogP contribution in [0.3, 0.4) is 0 Å². The van der Waals surface area contributed by atoms with Crippen LogP contribution in [0.1, 0.15) is 5.56 Å². The first-order chi connectivity index (χ1) is 13.4. The van der Waals surface area contributed by atoms with Gasteiger partial charge in [-0.15, -0.1) is 0 Å². The van der Waals surface area contributed by atoms with Gasteiger partial charge >= 0.3 is 5.97 Å². The Hall–Kier alpha value is -3.26. The number of carbonyl (C=O) groups is 1. The molecule has 0 fully saturated rings. The number of carbonyl (C=O) groups excluding carboxylic acids is 1. The van der Waals surface area contributed by atoms with Crippen LogP contribution >= 0.6 is 11.8 Å². The monoisotopic (exact) mass is 401 g/mol. The number of rotatable bonds is 4. The summed E-state index contributed by atoms with van der Waals surface area (Å²) < 4.78 is 22.9. The molecule has 0 bridgehead atoms. The molecule has 3 rings (SSSR count). The minimum absolute atomic E-state index is 0.102. The van der Waals surface area contributed by atoms with Crippen molar-refractivity contribution in [3.63, 3.8) is 0 Å². The minimum Gasteiger partial charge on any atom is -0.506 e. The number of aliphatic hydroxyl groups excluding tert-OH is 1. The number of nitrogens with zero attached hydrogens (tertiary/aromatic N) is 1. The van der Waals surface area contributed by atoms with E-state index in [1.807, 2.05) is 0 Å². The van der Waals surface area contributed by atoms with Crippen molar-refractivity contribution >= 4 is 34.5 Å². The third-order valence-electron chi connectivity index (χ3n) is 3.87. The number of phenols is 1. The van der Waals surface area contributed by atoms with Crippen LogP contribution < -0.4 is 4.74 Å². The van der Waals surface area contributed by atoms with Crippen LogP contribution in [0.25, 0.3) is 6.08 Å². The van der Waals surface area contributed by atoms with Crippen LogP contribution in [-0.2, 0) is 9.53 Å². The number of halogens is 1. The standard InChI is InChI=1S/C20H16FNO5S/c1-26-14-5-3-4-11(17(14)23)10-15-18(24)16(20(25)27-2)19(28-15)22-13-8-6-12(21)7-9-13/h3-10,23-24H,1-2H3/b15-10+,22-19?. The van der Waals surface area contributed by atoms with Gasteiger partial charge in [0, 0.05) is 5.56 Å². The summed E-state index contributed by atoms with van der Waals surface area (Å²) in [6.07, 6.45) is 1.51. The van der Waals surface area contributed by atoms with E-state index in [1.165, 1.54) is 44.6 Å². The van der Waals surface area contributed by atoms with E-state index < -0.39 is 11.8 Å². The van der Waals surface area contributed by atoms with Crippen LogP contribution in [0.2, 0.25) is 0 Å². The average Bonchev–Trinajstić information content (AvgIpc) is 2.99. The summed E-state index contributed by atoms with van der Waals surface area (Å²) in [5.74, 6) is -1.32. The van der Waals surface area contributed by atoms with Crippen molar-refractivity contribution in [3.05, 3.63) is 70.1 Å². The zero-order valence-corrected chi connectivity index (χ0v) is 15.8. The first-order valence-electron chi connectivity index (χ1n) is 8.06. The number of hydrogen-bond acceptors (Lipinski definition) is 7. The molecule has 0 atom stereocenters. The molecule has 2 aromatic carbocycles. The quantitative estimate of drug-likeness (QED) is 0.741. The highest BCUT2D eigenvalue weighted by atomic mass is 32.2. The molecule has 0 unspecified atom stereocenters. The van der Waals surface area contributed by atoms with E-state index in [9.17, 15) is 19.4 Å². The van der Waals surface area contributed by atoms with Gasteiger partial charge in [-0.05, 0) is 36.4 Å². The largest absolute Gasteiger partial charge is 0.506 e. The second-order valence-electron chi connectivity index (χ2n) is 5.62. The number of aliphatic hydroxyl groups is 1. The van der Waals surface area contributed by atoms with E-state index in [1.54, 1.807) is 18.2 Å². The number of aliphatic imine (C=N–C) groups is 1. The third kappa shape index (κ3) is 3.86. The molecule has 0 radical (unpaired) electrons. The number of ether oxygens (including phenoxy) is 2. The highest BCUT2D eigenvalue weighted by Gasteiger charge is 2.33. The molecule has 28 heavy (non-hydrogen) atoms. The maximum atomic E-state index is 13.1. The van der Waals surface area contributed by atoms with Crippen LogP contribution in [0, 0.1) is 5.82 Å². The molecule has 1 aliphatic heterocycles. The van der Waals surface area contributed by atoms with Gasteiger partial charge in [0.05, 0.1) is 24.8 Å². The van der Waals surface area contributed by atoms with Crippen molar-refractivity contribution < 1.29 is 28.9 Å². The Morgan fingerprint density at radius 1 is 1.14 bits per heavy atom. The maximum absolute atomic E-state index is 13.1. The molecular weight excluding hydrogens is 385 g/mol. The number of esters is 1. The first kappa shape index (κ1) is 19.5. The van der Waals surface area contributed by atoms with Gasteiger partial charge < -0.3 is 19.7 Å². The van der Waals surface area contributed by atoms with Crippen molar-refractivity contribution in [1.82, 2.24) is 0 Å². The van der Waals surface area contributed by atoms with Crippen LogP contribution in [-0.4, -0.2) is 35.4 Å². The van der Waals surface area contributed by atoms with Gasteiger partial charge in [-0.2, -0.15) is 0 Å². The average molecular weight is 401 g/mol. The van der Waals surface area contributed by atoms with E-state index in [2.05, 4.69) is 4.99 Å². The van der Waals surface area contributed by atoms with Gasteiger partial charge in [0.25, 0.3) is 0 Å². The highest BCUT2D eigenvalue weighted by molar-refractivity contribution is 8.18. The van der Waals surface area contributed by atoms with Crippen molar-refractivity contribution in [3.8, 4) is 11.5 Å². The lowest BCUT2D eigenvalue weighted by Gasteiger charge is -2.06. The van der Waals surface area contributed by atoms with Crippen molar-refractivity contribution in [1.29, 1.82) is 0 Å². The molecule has 1 aliphatic rings. The second kappa shape index (κ2) is 8.18. The molecule has 144 valence electrons. The Balaban J connectivity index is 2.06. The summed E-state index contributed by atoms with van der Waals surface area (Å²) in [6.45, 7) is 0. The van der Waals surface area contributed by atoms with Gasteiger partial charge in [-0.25, -0.2) is 14.2 Å². The zero-order chi connectivity index (χ0) is 20.3. The van der Waals surface area contributed by atoms with E-state index >= 15 is 0 Å². The maximum Gasteiger partial charge on any atom is 0.344 e. The summed E-state index contributed by atoms with van der Waals surface area (Å²) in [4.78, 5) is 16.8. The lowest BCUT2D eigenvalue weighted by atomic mass is 10.1. The molecular formula is C20H16FNO5S. The fourth-order valence-electron chi connectivity index (χ4n) is 2.49. The predicted molar refractivity (Wildman–Crippen MR) is 105 cm³/mol. The molecule has 8 heteroatoms. The second-order valence-corrected chi connectivity index (χ2v) is 6.65. The summed E-state index contributed by atoms with van der Waals surface area (Å²) in [7, 11) is 2.62. The van der Waals surface area contributed by atoms with Crippen molar-refractivity contribution in [2.24, 2.45) is 4.99 Å². The van der Waals surface area contributed by atoms with Gasteiger partial charge in [0.2, 0.25) is 0 Å². The molecule has 2 aromatic rings. The Morgan fingerprint density at radius 2 is 1.86 bits per heavy atom. The molecule has 0 aromatic heterocycles. The number of benzene rings is 2. The number of para-hydroxylation sites is 1. The molecule has 0 aliphatic carbocycles. The normalized spacial score (nSPS) is 16.7. The number of methoxy groups -OCH3 is 2.